The summed E-state index contributed by atoms with van der Waals surface area (Å²) in [4.78, 5) is 0. The molecule has 0 spiro atoms. The molecule has 3 aromatic rings. The lowest BCUT2D eigenvalue weighted by atomic mass is 9.89. The lowest BCUT2D eigenvalue weighted by molar-refractivity contribution is 0.305. The van der Waals surface area contributed by atoms with E-state index in [1.54, 1.807) is 14.2 Å². The van der Waals surface area contributed by atoms with Gasteiger partial charge in [-0.3, -0.25) is 0 Å². The van der Waals surface area contributed by atoms with Crippen molar-refractivity contribution in [2.24, 2.45) is 0 Å². The molecular formula is C24H24ClNO3. The molecule has 1 N–H and O–H groups in total. The minimum Gasteiger partial charge on any atom is -0.493 e. The molecule has 0 amide bonds. The molecule has 0 bridgehead atoms. The minimum absolute atomic E-state index is 0.0811. The Kier molecular flexibility index (Phi) is 5.93. The Bertz CT molecular complexity index is 988. The van der Waals surface area contributed by atoms with Crippen LogP contribution in [0, 0.1) is 0 Å². The Hall–Kier alpha value is -2.69. The Morgan fingerprint density at radius 3 is 2.48 bits per heavy atom. The molecule has 0 radical (unpaired) electrons. The van der Waals surface area contributed by atoms with Gasteiger partial charge < -0.3 is 19.5 Å². The average molecular weight is 410 g/mol. The van der Waals surface area contributed by atoms with Crippen LogP contribution in [0.4, 0.5) is 0 Å². The molecule has 4 rings (SSSR count). The van der Waals surface area contributed by atoms with Crippen LogP contribution in [0.15, 0.2) is 60.7 Å². The highest BCUT2D eigenvalue weighted by Crippen LogP contribution is 2.38. The van der Waals surface area contributed by atoms with Crippen molar-refractivity contribution >= 4 is 11.6 Å². The van der Waals surface area contributed by atoms with E-state index in [1.807, 2.05) is 36.4 Å². The standard InChI is InChI=1S/C24H24ClNO3/c1-27-22-13-17-10-11-26-24(21(17)14-23(22)28-2)18-4-3-5-20(12-18)29-15-16-6-8-19(25)9-7-16/h3-9,12-14,24,26H,10-11,15H2,1-2H3. The lowest BCUT2D eigenvalue weighted by Crippen LogP contribution is -2.30. The van der Waals surface area contributed by atoms with Gasteiger partial charge in [0, 0.05) is 11.6 Å². The molecule has 1 unspecified atom stereocenters. The third-order valence-corrected chi connectivity index (χ3v) is 5.46. The first-order valence-electron chi connectivity index (χ1n) is 9.63. The molecule has 0 aromatic heterocycles. The summed E-state index contributed by atoms with van der Waals surface area (Å²) in [5, 5.41) is 4.35. The number of hydrogen-bond acceptors (Lipinski definition) is 4. The van der Waals surface area contributed by atoms with E-state index in [-0.39, 0.29) is 6.04 Å². The highest BCUT2D eigenvalue weighted by molar-refractivity contribution is 6.30. The van der Waals surface area contributed by atoms with Crippen molar-refractivity contribution in [3.8, 4) is 17.2 Å². The van der Waals surface area contributed by atoms with Gasteiger partial charge in [0.05, 0.1) is 20.3 Å². The number of halogens is 1. The number of rotatable bonds is 6. The van der Waals surface area contributed by atoms with Gasteiger partial charge in [0.15, 0.2) is 11.5 Å². The number of hydrogen-bond donors (Lipinski definition) is 1. The fraction of sp³-hybridized carbons (Fsp3) is 0.250. The molecule has 150 valence electrons. The molecule has 5 heteroatoms. The first-order chi connectivity index (χ1) is 14.2. The summed E-state index contributed by atoms with van der Waals surface area (Å²) in [7, 11) is 3.34. The predicted octanol–water partition coefficient (Wildman–Crippen LogP) is 5.17. The maximum Gasteiger partial charge on any atom is 0.161 e. The van der Waals surface area contributed by atoms with Gasteiger partial charge in [0.25, 0.3) is 0 Å². The van der Waals surface area contributed by atoms with Crippen LogP contribution in [0.5, 0.6) is 17.2 Å². The van der Waals surface area contributed by atoms with Crippen LogP contribution in [0.1, 0.15) is 28.3 Å². The molecule has 29 heavy (non-hydrogen) atoms. The molecule has 1 aliphatic rings. The minimum atomic E-state index is 0.0811. The van der Waals surface area contributed by atoms with Gasteiger partial charge in [-0.2, -0.15) is 0 Å². The monoisotopic (exact) mass is 409 g/mol. The Labute approximate surface area is 176 Å². The first kappa shape index (κ1) is 19.6. The van der Waals surface area contributed by atoms with Gasteiger partial charge in [-0.15, -0.1) is 0 Å². The number of ether oxygens (including phenoxy) is 3. The molecule has 1 atom stereocenters. The number of fused-ring (bicyclic) bond motifs is 1. The summed E-state index contributed by atoms with van der Waals surface area (Å²) in [6, 6.07) is 20.2. The smallest absolute Gasteiger partial charge is 0.161 e. The summed E-state index contributed by atoms with van der Waals surface area (Å²) in [5.41, 5.74) is 4.73. The van der Waals surface area contributed by atoms with Crippen LogP contribution in [-0.4, -0.2) is 20.8 Å². The highest BCUT2D eigenvalue weighted by atomic mass is 35.5. The van der Waals surface area contributed by atoms with Gasteiger partial charge in [-0.1, -0.05) is 35.9 Å². The quantitative estimate of drug-likeness (QED) is 0.609. The Balaban J connectivity index is 1.58. The largest absolute Gasteiger partial charge is 0.493 e. The van der Waals surface area contributed by atoms with Crippen LogP contribution in [0.3, 0.4) is 0 Å². The van der Waals surface area contributed by atoms with E-state index >= 15 is 0 Å². The van der Waals surface area contributed by atoms with Crippen molar-refractivity contribution in [2.75, 3.05) is 20.8 Å². The zero-order valence-electron chi connectivity index (χ0n) is 16.6. The third-order valence-electron chi connectivity index (χ3n) is 5.21. The second kappa shape index (κ2) is 8.76. The zero-order valence-corrected chi connectivity index (χ0v) is 17.3. The van der Waals surface area contributed by atoms with Gasteiger partial charge in [-0.05, 0) is 65.1 Å². The second-order valence-electron chi connectivity index (χ2n) is 7.03. The SMILES string of the molecule is COc1cc2c(cc1OC)C(c1cccc(OCc3ccc(Cl)cc3)c1)NCC2. The summed E-state index contributed by atoms with van der Waals surface area (Å²) >= 11 is 5.95. The Morgan fingerprint density at radius 1 is 0.966 bits per heavy atom. The normalized spacial score (nSPS) is 15.5. The molecule has 0 aliphatic carbocycles. The molecule has 1 aliphatic heterocycles. The van der Waals surface area contributed by atoms with E-state index in [0.717, 1.165) is 46.4 Å². The van der Waals surface area contributed by atoms with Crippen LogP contribution >= 0.6 is 11.6 Å². The highest BCUT2D eigenvalue weighted by Gasteiger charge is 2.24. The van der Waals surface area contributed by atoms with E-state index < -0.39 is 0 Å². The average Bonchev–Trinajstić information content (AvgIpc) is 2.77. The molecule has 0 fully saturated rings. The molecule has 1 heterocycles. The number of nitrogens with one attached hydrogen (secondary N) is 1. The molecule has 0 saturated heterocycles. The first-order valence-corrected chi connectivity index (χ1v) is 10.0. The van der Waals surface area contributed by atoms with Gasteiger partial charge in [0.2, 0.25) is 0 Å². The van der Waals surface area contributed by atoms with Gasteiger partial charge in [-0.25, -0.2) is 0 Å². The molecule has 0 saturated carbocycles. The maximum absolute atomic E-state index is 6.02. The topological polar surface area (TPSA) is 39.7 Å². The fourth-order valence-corrected chi connectivity index (χ4v) is 3.84. The number of methoxy groups -OCH3 is 2. The molecule has 4 nitrogen and oxygen atoms in total. The van der Waals surface area contributed by atoms with Crippen molar-refractivity contribution in [2.45, 2.75) is 19.1 Å². The second-order valence-corrected chi connectivity index (χ2v) is 7.47. The lowest BCUT2D eigenvalue weighted by Gasteiger charge is -2.28. The van der Waals surface area contributed by atoms with E-state index in [1.165, 1.54) is 11.1 Å². The predicted molar refractivity (Wildman–Crippen MR) is 115 cm³/mol. The van der Waals surface area contributed by atoms with E-state index in [9.17, 15) is 0 Å². The molecule has 3 aromatic carbocycles. The van der Waals surface area contributed by atoms with Gasteiger partial charge >= 0.3 is 0 Å². The van der Waals surface area contributed by atoms with Crippen molar-refractivity contribution in [3.05, 3.63) is 87.9 Å². The molecular weight excluding hydrogens is 386 g/mol. The van der Waals surface area contributed by atoms with Crippen molar-refractivity contribution in [1.29, 1.82) is 0 Å². The van der Waals surface area contributed by atoms with Crippen molar-refractivity contribution in [3.63, 3.8) is 0 Å². The van der Waals surface area contributed by atoms with Crippen molar-refractivity contribution in [1.82, 2.24) is 5.32 Å². The van der Waals surface area contributed by atoms with Crippen LogP contribution in [-0.2, 0) is 13.0 Å². The summed E-state index contributed by atoms with van der Waals surface area (Å²) < 4.78 is 17.0. The van der Waals surface area contributed by atoms with E-state index in [4.69, 9.17) is 25.8 Å². The number of benzene rings is 3. The zero-order chi connectivity index (χ0) is 20.2. The van der Waals surface area contributed by atoms with E-state index in [2.05, 4.69) is 29.6 Å². The van der Waals surface area contributed by atoms with E-state index in [0.29, 0.717) is 6.61 Å². The summed E-state index contributed by atoms with van der Waals surface area (Å²) in [6.45, 7) is 1.41. The fourth-order valence-electron chi connectivity index (χ4n) is 3.71. The summed E-state index contributed by atoms with van der Waals surface area (Å²) in [6.07, 6.45) is 0.957. The third kappa shape index (κ3) is 4.34. The Morgan fingerprint density at radius 2 is 1.72 bits per heavy atom. The van der Waals surface area contributed by atoms with Crippen LogP contribution in [0.25, 0.3) is 0 Å². The van der Waals surface area contributed by atoms with Gasteiger partial charge in [0.1, 0.15) is 12.4 Å². The van der Waals surface area contributed by atoms with Crippen molar-refractivity contribution < 1.29 is 14.2 Å². The maximum atomic E-state index is 6.02. The van der Waals surface area contributed by atoms with Crippen LogP contribution in [0.2, 0.25) is 5.02 Å². The summed E-state index contributed by atoms with van der Waals surface area (Å²) in [5.74, 6) is 2.36. The van der Waals surface area contributed by atoms with Crippen LogP contribution < -0.4 is 19.5 Å².